The molecule has 1 unspecified atom stereocenters. The number of alkyl halides is 3. The Bertz CT molecular complexity index is 1490. The van der Waals surface area contributed by atoms with Gasteiger partial charge in [0.15, 0.2) is 12.3 Å². The molecule has 0 bridgehead atoms. The molecule has 11 nitrogen and oxygen atoms in total. The zero-order valence-electron chi connectivity index (χ0n) is 22.1. The Morgan fingerprint density at radius 2 is 2.02 bits per heavy atom. The molecule has 0 amide bonds. The van der Waals surface area contributed by atoms with E-state index in [1.807, 2.05) is 61.1 Å². The van der Waals surface area contributed by atoms with Crippen LogP contribution in [0.3, 0.4) is 0 Å². The van der Waals surface area contributed by atoms with Crippen molar-refractivity contribution in [1.29, 1.82) is 0 Å². The van der Waals surface area contributed by atoms with Gasteiger partial charge in [-0.2, -0.15) is 13.2 Å². The van der Waals surface area contributed by atoms with Gasteiger partial charge in [-0.1, -0.05) is 29.8 Å². The molecule has 0 spiro atoms. The van der Waals surface area contributed by atoms with Crippen LogP contribution in [0.4, 0.5) is 19.1 Å². The molecular weight excluding hydrogens is 553 g/mol. The highest BCUT2D eigenvalue weighted by atomic mass is 35.5. The Morgan fingerprint density at radius 1 is 1.30 bits per heavy atom. The molecular formula is C25H28ClF3N8O3. The summed E-state index contributed by atoms with van der Waals surface area (Å²) in [6.45, 7) is 0.637. The van der Waals surface area contributed by atoms with E-state index < -0.39 is 23.4 Å². The van der Waals surface area contributed by atoms with Crippen LogP contribution < -0.4 is 16.0 Å². The first-order valence-corrected chi connectivity index (χ1v) is 12.5. The molecule has 15 heteroatoms. The molecule has 4 rings (SSSR count). The van der Waals surface area contributed by atoms with E-state index in [1.54, 1.807) is 0 Å². The number of likely N-dealkylation sites (N-methyl/N-ethyl adjacent to an activating group) is 1. The monoisotopic (exact) mass is 580 g/mol. The highest BCUT2D eigenvalue weighted by Crippen LogP contribution is 2.34. The van der Waals surface area contributed by atoms with Crippen molar-refractivity contribution in [3.05, 3.63) is 75.1 Å². The van der Waals surface area contributed by atoms with Gasteiger partial charge >= 0.3 is 6.18 Å². The van der Waals surface area contributed by atoms with E-state index in [4.69, 9.17) is 16.3 Å². The van der Waals surface area contributed by atoms with Crippen molar-refractivity contribution >= 4 is 28.5 Å². The number of benzene rings is 1. The van der Waals surface area contributed by atoms with Crippen LogP contribution in [0.25, 0.3) is 22.2 Å². The van der Waals surface area contributed by atoms with Crippen LogP contribution in [0.5, 0.6) is 0 Å². The standard InChI is InChI=1S/C25H28ClF3N8O3/c1-24(31-9-10-35(2)3)20(37(38)39)11-18(22(34-24)40-14-25(27,28)29)32-23-30-12-17(26)21(33-23)16-13-36(4)19-8-6-5-7-15(16)19/h5-8,11-13,31,34H,9-10,14H2,1-4H3,(H,30,32,33). The molecule has 3 heterocycles. The minimum Gasteiger partial charge on any atom is -0.468 e. The number of nitrogens with zero attached hydrogens (tertiary/aromatic N) is 5. The summed E-state index contributed by atoms with van der Waals surface area (Å²) < 4.78 is 46.2. The van der Waals surface area contributed by atoms with Crippen molar-refractivity contribution in [3.8, 4) is 11.3 Å². The fraction of sp³-hybridized carbons (Fsp3) is 0.360. The topological polar surface area (TPSA) is 122 Å². The van der Waals surface area contributed by atoms with Crippen LogP contribution in [-0.4, -0.2) is 70.0 Å². The van der Waals surface area contributed by atoms with E-state index >= 15 is 0 Å². The first-order valence-electron chi connectivity index (χ1n) is 12.1. The third-order valence-corrected chi connectivity index (χ3v) is 6.44. The number of halogens is 4. The van der Waals surface area contributed by atoms with Crippen molar-refractivity contribution in [1.82, 2.24) is 30.1 Å². The lowest BCUT2D eigenvalue weighted by Crippen LogP contribution is -2.60. The number of ether oxygens (including phenoxy) is 1. The van der Waals surface area contributed by atoms with Crippen LogP contribution >= 0.6 is 11.6 Å². The Morgan fingerprint density at radius 3 is 2.70 bits per heavy atom. The van der Waals surface area contributed by atoms with Crippen molar-refractivity contribution in [2.75, 3.05) is 39.1 Å². The lowest BCUT2D eigenvalue weighted by molar-refractivity contribution is -0.437. The average molecular weight is 581 g/mol. The summed E-state index contributed by atoms with van der Waals surface area (Å²) in [5, 5.41) is 21.6. The second-order valence-corrected chi connectivity index (χ2v) is 10.0. The lowest BCUT2D eigenvalue weighted by atomic mass is 10.0. The molecule has 0 aliphatic carbocycles. The maximum Gasteiger partial charge on any atom is 0.422 e. The normalized spacial score (nSPS) is 17.7. The number of dihydropyridines is 1. The Kier molecular flexibility index (Phi) is 8.23. The van der Waals surface area contributed by atoms with E-state index in [9.17, 15) is 23.3 Å². The summed E-state index contributed by atoms with van der Waals surface area (Å²) in [6.07, 6.45) is -0.371. The molecule has 0 saturated carbocycles. The molecule has 40 heavy (non-hydrogen) atoms. The van der Waals surface area contributed by atoms with Gasteiger partial charge in [0.05, 0.1) is 21.8 Å². The van der Waals surface area contributed by atoms with Crippen LogP contribution in [0.2, 0.25) is 5.02 Å². The van der Waals surface area contributed by atoms with Crippen LogP contribution in [0, 0.1) is 10.1 Å². The van der Waals surface area contributed by atoms with Gasteiger partial charge in [0.1, 0.15) is 5.70 Å². The van der Waals surface area contributed by atoms with Gasteiger partial charge < -0.3 is 24.8 Å². The predicted octanol–water partition coefficient (Wildman–Crippen LogP) is 4.08. The van der Waals surface area contributed by atoms with E-state index in [0.29, 0.717) is 24.3 Å². The maximum atomic E-state index is 13.1. The molecule has 214 valence electrons. The molecule has 2 aromatic heterocycles. The molecule has 0 saturated heterocycles. The largest absolute Gasteiger partial charge is 0.468 e. The van der Waals surface area contributed by atoms with Crippen LogP contribution in [0.1, 0.15) is 6.92 Å². The first-order chi connectivity index (χ1) is 18.8. The van der Waals surface area contributed by atoms with E-state index in [1.165, 1.54) is 13.1 Å². The Balaban J connectivity index is 1.73. The van der Waals surface area contributed by atoms with Gasteiger partial charge in [0, 0.05) is 48.9 Å². The summed E-state index contributed by atoms with van der Waals surface area (Å²) in [4.78, 5) is 21.9. The molecule has 1 aliphatic rings. The smallest absolute Gasteiger partial charge is 0.422 e. The van der Waals surface area contributed by atoms with Crippen molar-refractivity contribution in [3.63, 3.8) is 0 Å². The average Bonchev–Trinajstić information content (AvgIpc) is 3.20. The predicted molar refractivity (Wildman–Crippen MR) is 145 cm³/mol. The molecule has 0 fully saturated rings. The third-order valence-electron chi connectivity index (χ3n) is 6.16. The lowest BCUT2D eigenvalue weighted by Gasteiger charge is -2.35. The molecule has 1 atom stereocenters. The Hall–Kier alpha value is -3.88. The molecule has 1 aliphatic heterocycles. The first kappa shape index (κ1) is 29.1. The number of nitrogens with one attached hydrogen (secondary N) is 3. The minimum atomic E-state index is -4.65. The summed E-state index contributed by atoms with van der Waals surface area (Å²) in [6, 6.07) is 7.61. The fourth-order valence-corrected chi connectivity index (χ4v) is 4.43. The van der Waals surface area contributed by atoms with Gasteiger partial charge in [-0.25, -0.2) is 9.97 Å². The van der Waals surface area contributed by atoms with E-state index in [-0.39, 0.29) is 28.2 Å². The second kappa shape index (κ2) is 11.3. The highest BCUT2D eigenvalue weighted by molar-refractivity contribution is 6.33. The molecule has 1 aromatic carbocycles. The van der Waals surface area contributed by atoms with Crippen LogP contribution in [-0.2, 0) is 11.8 Å². The van der Waals surface area contributed by atoms with Gasteiger partial charge in [0.2, 0.25) is 11.8 Å². The number of rotatable bonds is 10. The number of anilines is 1. The number of fused-ring (bicyclic) bond motifs is 1. The van der Waals surface area contributed by atoms with Gasteiger partial charge in [-0.15, -0.1) is 0 Å². The quantitative estimate of drug-likeness (QED) is 0.240. The van der Waals surface area contributed by atoms with Crippen molar-refractivity contribution in [2.24, 2.45) is 7.05 Å². The van der Waals surface area contributed by atoms with Crippen LogP contribution in [0.15, 0.2) is 60.0 Å². The number of aromatic nitrogens is 3. The molecule has 3 aromatic rings. The number of nitro groups is 1. The zero-order valence-corrected chi connectivity index (χ0v) is 22.9. The maximum absolute atomic E-state index is 13.1. The minimum absolute atomic E-state index is 0.0552. The van der Waals surface area contributed by atoms with E-state index in [0.717, 1.165) is 17.0 Å². The number of para-hydroxylation sites is 1. The van der Waals surface area contributed by atoms with Gasteiger partial charge in [-0.05, 0) is 27.1 Å². The summed E-state index contributed by atoms with van der Waals surface area (Å²) in [5.74, 6) is -0.423. The van der Waals surface area contributed by atoms with E-state index in [2.05, 4.69) is 25.9 Å². The SMILES string of the molecule is CN(C)CCNC1(C)NC(OCC(F)(F)F)=C(Nc2ncc(Cl)c(-c3cn(C)c4ccccc34)n2)C=C1[N+](=O)[O-]. The highest BCUT2D eigenvalue weighted by Gasteiger charge is 2.43. The number of hydrogen-bond acceptors (Lipinski definition) is 9. The molecule has 0 radical (unpaired) electrons. The van der Waals surface area contributed by atoms with Gasteiger partial charge in [-0.3, -0.25) is 15.4 Å². The number of hydrogen-bond donors (Lipinski definition) is 3. The third kappa shape index (κ3) is 6.46. The zero-order chi connectivity index (χ0) is 29.2. The Labute approximate surface area is 232 Å². The summed E-state index contributed by atoms with van der Waals surface area (Å²) in [7, 11) is 5.51. The van der Waals surface area contributed by atoms with Crippen molar-refractivity contribution in [2.45, 2.75) is 18.8 Å². The van der Waals surface area contributed by atoms with Gasteiger partial charge in [0.25, 0.3) is 5.70 Å². The number of aryl methyl sites for hydroxylation is 1. The second-order valence-electron chi connectivity index (χ2n) is 9.60. The van der Waals surface area contributed by atoms with Crippen molar-refractivity contribution < 1.29 is 22.8 Å². The summed E-state index contributed by atoms with van der Waals surface area (Å²) in [5.41, 5.74) is -0.0434. The molecule has 3 N–H and O–H groups in total. The fourth-order valence-electron chi connectivity index (χ4n) is 4.23. The number of allylic oxidation sites excluding steroid dienone is 1. The summed E-state index contributed by atoms with van der Waals surface area (Å²) >= 11 is 6.44.